The molecule has 0 aliphatic heterocycles. The zero-order valence-corrected chi connectivity index (χ0v) is 16.7. The van der Waals surface area contributed by atoms with Gasteiger partial charge in [0.1, 0.15) is 5.82 Å². The Morgan fingerprint density at radius 2 is 1.81 bits per heavy atom. The van der Waals surface area contributed by atoms with Crippen LogP contribution in [0.15, 0.2) is 48.5 Å². The van der Waals surface area contributed by atoms with Crippen LogP contribution in [0.25, 0.3) is 11.0 Å². The van der Waals surface area contributed by atoms with Gasteiger partial charge in [-0.2, -0.15) is 0 Å². The van der Waals surface area contributed by atoms with E-state index in [0.29, 0.717) is 19.5 Å². The maximum atomic E-state index is 12.2. The summed E-state index contributed by atoms with van der Waals surface area (Å²) in [7, 11) is 0. The van der Waals surface area contributed by atoms with E-state index >= 15 is 0 Å². The zero-order chi connectivity index (χ0) is 19.2. The predicted octanol–water partition coefficient (Wildman–Crippen LogP) is 4.83. The van der Waals surface area contributed by atoms with Crippen LogP contribution >= 0.6 is 11.6 Å². The molecule has 0 unspecified atom stereocenters. The zero-order valence-electron chi connectivity index (χ0n) is 15.9. The molecule has 0 fully saturated rings. The third kappa shape index (κ3) is 4.51. The molecule has 0 aliphatic rings. The van der Waals surface area contributed by atoms with E-state index in [2.05, 4.69) is 29.8 Å². The molecule has 1 heterocycles. The first-order chi connectivity index (χ1) is 13.1. The van der Waals surface area contributed by atoms with Gasteiger partial charge in [0, 0.05) is 23.9 Å². The molecule has 0 radical (unpaired) electrons. The van der Waals surface area contributed by atoms with Crippen molar-refractivity contribution in [2.75, 3.05) is 6.54 Å². The Kier molecular flexibility index (Phi) is 6.51. The van der Waals surface area contributed by atoms with Crippen molar-refractivity contribution in [1.29, 1.82) is 0 Å². The average Bonchev–Trinajstić information content (AvgIpc) is 3.02. The Labute approximate surface area is 165 Å². The number of nitrogens with one attached hydrogen (secondary N) is 1. The molecule has 1 aromatic heterocycles. The van der Waals surface area contributed by atoms with Crippen molar-refractivity contribution in [1.82, 2.24) is 14.9 Å². The van der Waals surface area contributed by atoms with Crippen LogP contribution in [0, 0.1) is 5.92 Å². The van der Waals surface area contributed by atoms with Gasteiger partial charge in [-0.3, -0.25) is 4.79 Å². The van der Waals surface area contributed by atoms with Gasteiger partial charge in [-0.05, 0) is 36.6 Å². The number of hydrogen-bond acceptors (Lipinski definition) is 2. The number of carbonyl (C=O) groups excluding carboxylic acids is 1. The molecule has 27 heavy (non-hydrogen) atoms. The molecular formula is C22H26ClN3O. The molecule has 5 heteroatoms. The summed E-state index contributed by atoms with van der Waals surface area (Å²) in [6.45, 7) is 5.35. The molecule has 142 valence electrons. The van der Waals surface area contributed by atoms with Crippen LogP contribution in [0.4, 0.5) is 0 Å². The SMILES string of the molecule is CCC(CC)C(=O)NCCc1nc2ccccc2n1Cc1ccccc1Cl. The Morgan fingerprint density at radius 1 is 1.11 bits per heavy atom. The van der Waals surface area contributed by atoms with Crippen molar-refractivity contribution in [3.05, 3.63) is 64.9 Å². The molecule has 0 bridgehead atoms. The number of halogens is 1. The maximum absolute atomic E-state index is 12.2. The summed E-state index contributed by atoms with van der Waals surface area (Å²) in [4.78, 5) is 17.0. The van der Waals surface area contributed by atoms with Gasteiger partial charge in [-0.1, -0.05) is 55.8 Å². The topological polar surface area (TPSA) is 46.9 Å². The molecule has 3 aromatic rings. The van der Waals surface area contributed by atoms with Crippen molar-refractivity contribution < 1.29 is 4.79 Å². The highest BCUT2D eigenvalue weighted by Crippen LogP contribution is 2.22. The highest BCUT2D eigenvalue weighted by atomic mass is 35.5. The number of carbonyl (C=O) groups is 1. The van der Waals surface area contributed by atoms with Crippen LogP contribution in [0.2, 0.25) is 5.02 Å². The fraction of sp³-hybridized carbons (Fsp3) is 0.364. The number of fused-ring (bicyclic) bond motifs is 1. The van der Waals surface area contributed by atoms with Crippen molar-refractivity contribution in [2.24, 2.45) is 5.92 Å². The largest absolute Gasteiger partial charge is 0.355 e. The van der Waals surface area contributed by atoms with Crippen LogP contribution < -0.4 is 5.32 Å². The maximum Gasteiger partial charge on any atom is 0.223 e. The minimum Gasteiger partial charge on any atom is -0.355 e. The Balaban J connectivity index is 1.80. The van der Waals surface area contributed by atoms with Crippen molar-refractivity contribution in [3.8, 4) is 0 Å². The van der Waals surface area contributed by atoms with Crippen LogP contribution in [-0.2, 0) is 17.8 Å². The molecule has 1 amide bonds. The summed E-state index contributed by atoms with van der Waals surface area (Å²) >= 11 is 6.37. The molecule has 3 rings (SSSR count). The summed E-state index contributed by atoms with van der Waals surface area (Å²) in [5.41, 5.74) is 3.11. The van der Waals surface area contributed by atoms with E-state index < -0.39 is 0 Å². The molecule has 0 saturated heterocycles. The van der Waals surface area contributed by atoms with Gasteiger partial charge >= 0.3 is 0 Å². The average molecular weight is 384 g/mol. The van der Waals surface area contributed by atoms with Crippen LogP contribution in [0.3, 0.4) is 0 Å². The summed E-state index contributed by atoms with van der Waals surface area (Å²) in [6, 6.07) is 16.0. The first kappa shape index (κ1) is 19.4. The lowest BCUT2D eigenvalue weighted by atomic mass is 10.0. The van der Waals surface area contributed by atoms with Gasteiger partial charge < -0.3 is 9.88 Å². The summed E-state index contributed by atoms with van der Waals surface area (Å²) in [5.74, 6) is 1.18. The first-order valence-electron chi connectivity index (χ1n) is 9.59. The van der Waals surface area contributed by atoms with Crippen LogP contribution in [-0.4, -0.2) is 22.0 Å². The highest BCUT2D eigenvalue weighted by molar-refractivity contribution is 6.31. The van der Waals surface area contributed by atoms with Gasteiger partial charge in [-0.15, -0.1) is 0 Å². The number of nitrogens with zero attached hydrogens (tertiary/aromatic N) is 2. The Morgan fingerprint density at radius 3 is 2.56 bits per heavy atom. The number of hydrogen-bond donors (Lipinski definition) is 1. The van der Waals surface area contributed by atoms with Gasteiger partial charge in [-0.25, -0.2) is 4.98 Å². The van der Waals surface area contributed by atoms with Crippen molar-refractivity contribution in [2.45, 2.75) is 39.7 Å². The van der Waals surface area contributed by atoms with E-state index in [0.717, 1.165) is 40.3 Å². The Bertz CT molecular complexity index is 915. The monoisotopic (exact) mass is 383 g/mol. The fourth-order valence-electron chi connectivity index (χ4n) is 3.39. The summed E-state index contributed by atoms with van der Waals surface area (Å²) in [6.07, 6.45) is 2.42. The number of benzene rings is 2. The molecule has 4 nitrogen and oxygen atoms in total. The van der Waals surface area contributed by atoms with E-state index in [4.69, 9.17) is 16.6 Å². The molecule has 0 spiro atoms. The van der Waals surface area contributed by atoms with Crippen molar-refractivity contribution >= 4 is 28.5 Å². The predicted molar refractivity (Wildman–Crippen MR) is 111 cm³/mol. The van der Waals surface area contributed by atoms with Crippen LogP contribution in [0.5, 0.6) is 0 Å². The number of rotatable bonds is 8. The molecule has 1 N–H and O–H groups in total. The second-order valence-electron chi connectivity index (χ2n) is 6.75. The number of para-hydroxylation sites is 2. The van der Waals surface area contributed by atoms with Crippen LogP contribution in [0.1, 0.15) is 38.1 Å². The lowest BCUT2D eigenvalue weighted by Crippen LogP contribution is -2.32. The lowest BCUT2D eigenvalue weighted by molar-refractivity contribution is -0.125. The molecule has 0 aliphatic carbocycles. The number of aromatic nitrogens is 2. The standard InChI is InChI=1S/C22H26ClN3O/c1-3-16(4-2)22(27)24-14-13-21-25-19-11-7-8-12-20(19)26(21)15-17-9-5-6-10-18(17)23/h5-12,16H,3-4,13-15H2,1-2H3,(H,24,27). The first-order valence-corrected chi connectivity index (χ1v) is 9.97. The van der Waals surface area contributed by atoms with Gasteiger partial charge in [0.15, 0.2) is 0 Å². The smallest absolute Gasteiger partial charge is 0.223 e. The highest BCUT2D eigenvalue weighted by Gasteiger charge is 2.15. The number of amides is 1. The quantitative estimate of drug-likeness (QED) is 0.605. The molecule has 2 aromatic carbocycles. The minimum absolute atomic E-state index is 0.0898. The van der Waals surface area contributed by atoms with Crippen molar-refractivity contribution in [3.63, 3.8) is 0 Å². The van der Waals surface area contributed by atoms with E-state index in [9.17, 15) is 4.79 Å². The molecular weight excluding hydrogens is 358 g/mol. The van der Waals surface area contributed by atoms with E-state index in [1.54, 1.807) is 0 Å². The molecule has 0 atom stereocenters. The van der Waals surface area contributed by atoms with Gasteiger partial charge in [0.25, 0.3) is 0 Å². The number of imidazole rings is 1. The second kappa shape index (κ2) is 9.05. The minimum atomic E-state index is 0.0898. The van der Waals surface area contributed by atoms with Gasteiger partial charge in [0.05, 0.1) is 17.6 Å². The second-order valence-corrected chi connectivity index (χ2v) is 7.16. The third-order valence-electron chi connectivity index (χ3n) is 5.02. The summed E-state index contributed by atoms with van der Waals surface area (Å²) in [5, 5.41) is 3.81. The summed E-state index contributed by atoms with van der Waals surface area (Å²) < 4.78 is 2.19. The van der Waals surface area contributed by atoms with E-state index in [1.165, 1.54) is 0 Å². The van der Waals surface area contributed by atoms with E-state index in [-0.39, 0.29) is 11.8 Å². The normalized spacial score (nSPS) is 11.3. The van der Waals surface area contributed by atoms with E-state index in [1.807, 2.05) is 42.5 Å². The third-order valence-corrected chi connectivity index (χ3v) is 5.39. The fourth-order valence-corrected chi connectivity index (χ4v) is 3.59. The Hall–Kier alpha value is -2.33. The van der Waals surface area contributed by atoms with Gasteiger partial charge in [0.2, 0.25) is 5.91 Å². The lowest BCUT2D eigenvalue weighted by Gasteiger charge is -2.14. The molecule has 0 saturated carbocycles.